The van der Waals surface area contributed by atoms with Crippen molar-refractivity contribution in [1.29, 1.82) is 0 Å². The van der Waals surface area contributed by atoms with E-state index >= 15 is 0 Å². The number of benzene rings is 2. The number of nitrogens with one attached hydrogen (secondary N) is 1. The third kappa shape index (κ3) is 4.60. The molecule has 1 heterocycles. The van der Waals surface area contributed by atoms with Gasteiger partial charge in [-0.25, -0.2) is 4.68 Å². The Morgan fingerprint density at radius 2 is 1.87 bits per heavy atom. The molecule has 0 radical (unpaired) electrons. The van der Waals surface area contributed by atoms with E-state index in [1.807, 2.05) is 38.2 Å². The lowest BCUT2D eigenvalue weighted by atomic mass is 10.0. The van der Waals surface area contributed by atoms with Crippen LogP contribution in [0.25, 0.3) is 11.3 Å². The summed E-state index contributed by atoms with van der Waals surface area (Å²) in [6, 6.07) is 13.8. The van der Waals surface area contributed by atoms with E-state index in [1.54, 1.807) is 11.7 Å². The van der Waals surface area contributed by atoms with Crippen LogP contribution in [0.5, 0.6) is 5.88 Å². The molecule has 0 saturated heterocycles. The van der Waals surface area contributed by atoms with Crippen molar-refractivity contribution in [2.75, 3.05) is 14.2 Å². The minimum absolute atomic E-state index is 0.196. The van der Waals surface area contributed by atoms with Crippen molar-refractivity contribution >= 4 is 11.6 Å². The van der Waals surface area contributed by atoms with E-state index in [2.05, 4.69) is 47.6 Å². The number of carbonyl (C=O) groups excluding carboxylic acids is 1. The molecule has 1 N–H and O–H groups in total. The predicted molar refractivity (Wildman–Crippen MR) is 121 cm³/mol. The summed E-state index contributed by atoms with van der Waals surface area (Å²) in [6.07, 6.45) is 0. The molecule has 162 valence electrons. The Morgan fingerprint density at radius 3 is 2.55 bits per heavy atom. The van der Waals surface area contributed by atoms with Crippen molar-refractivity contribution in [3.63, 3.8) is 0 Å². The molecule has 0 aliphatic carbocycles. The number of carbonyl (C=O) groups is 1. The van der Waals surface area contributed by atoms with Crippen LogP contribution in [-0.2, 0) is 23.3 Å². The average Bonchev–Trinajstić information content (AvgIpc) is 3.05. The van der Waals surface area contributed by atoms with Gasteiger partial charge in [-0.2, -0.15) is 5.10 Å². The number of amides is 1. The highest BCUT2D eigenvalue weighted by molar-refractivity contribution is 6.45. The molecule has 3 rings (SSSR count). The fraction of sp³-hybridized carbons (Fsp3) is 0.292. The van der Waals surface area contributed by atoms with Gasteiger partial charge in [0.2, 0.25) is 5.88 Å². The number of oxime groups is 1. The lowest BCUT2D eigenvalue weighted by Gasteiger charge is -2.12. The molecule has 0 aliphatic rings. The molecule has 0 aliphatic heterocycles. The lowest BCUT2D eigenvalue weighted by molar-refractivity contribution is -0.114. The standard InChI is InChI=1S/C24H28N4O3/c1-15-11-12-18(13-16(15)2)21-17(3)24(28(5)26-21)31-14-19-9-7-8-10-20(19)22(27-30-6)23(29)25-4/h7-13H,14H2,1-6H3,(H,25,29)/b27-22+. The third-order valence-electron chi connectivity index (χ3n) is 5.26. The first-order valence-corrected chi connectivity index (χ1v) is 10.0. The van der Waals surface area contributed by atoms with Crippen LogP contribution in [0.2, 0.25) is 0 Å². The summed E-state index contributed by atoms with van der Waals surface area (Å²) < 4.78 is 7.91. The van der Waals surface area contributed by atoms with Crippen molar-refractivity contribution in [2.45, 2.75) is 27.4 Å². The summed E-state index contributed by atoms with van der Waals surface area (Å²) in [5.74, 6) is 0.344. The second-order valence-electron chi connectivity index (χ2n) is 7.35. The highest BCUT2D eigenvalue weighted by atomic mass is 16.6. The monoisotopic (exact) mass is 420 g/mol. The molecular weight excluding hydrogens is 392 g/mol. The molecule has 1 aromatic heterocycles. The van der Waals surface area contributed by atoms with Crippen LogP contribution in [-0.4, -0.2) is 35.6 Å². The number of rotatable bonds is 7. The van der Waals surface area contributed by atoms with Crippen LogP contribution in [0, 0.1) is 20.8 Å². The molecule has 1 amide bonds. The Balaban J connectivity index is 1.91. The number of ether oxygens (including phenoxy) is 1. The van der Waals surface area contributed by atoms with Gasteiger partial charge in [-0.1, -0.05) is 41.6 Å². The van der Waals surface area contributed by atoms with Gasteiger partial charge in [0.25, 0.3) is 5.91 Å². The van der Waals surface area contributed by atoms with Crippen molar-refractivity contribution in [2.24, 2.45) is 12.2 Å². The van der Waals surface area contributed by atoms with Crippen LogP contribution in [0.4, 0.5) is 0 Å². The third-order valence-corrected chi connectivity index (χ3v) is 5.26. The molecule has 2 aromatic carbocycles. The summed E-state index contributed by atoms with van der Waals surface area (Å²) in [5.41, 5.74) is 7.03. The Labute approximate surface area is 182 Å². The first kappa shape index (κ1) is 22.1. The van der Waals surface area contributed by atoms with E-state index < -0.39 is 0 Å². The SMILES string of the molecule is CNC(=O)/C(=N/OC)c1ccccc1COc1c(C)c(-c2ccc(C)c(C)c2)nn1C. The predicted octanol–water partition coefficient (Wildman–Crippen LogP) is 3.69. The van der Waals surface area contributed by atoms with E-state index in [9.17, 15) is 4.79 Å². The summed E-state index contributed by atoms with van der Waals surface area (Å²) in [7, 11) is 4.83. The van der Waals surface area contributed by atoms with Crippen molar-refractivity contribution in [3.8, 4) is 17.1 Å². The average molecular weight is 421 g/mol. The van der Waals surface area contributed by atoms with Crippen LogP contribution >= 0.6 is 0 Å². The molecule has 0 fully saturated rings. The van der Waals surface area contributed by atoms with Gasteiger partial charge in [0.15, 0.2) is 5.71 Å². The fourth-order valence-corrected chi connectivity index (χ4v) is 3.42. The largest absolute Gasteiger partial charge is 0.473 e. The Hall–Kier alpha value is -3.61. The van der Waals surface area contributed by atoms with Gasteiger partial charge in [-0.15, -0.1) is 0 Å². The van der Waals surface area contributed by atoms with E-state index in [0.717, 1.165) is 22.4 Å². The van der Waals surface area contributed by atoms with Gasteiger partial charge < -0.3 is 14.9 Å². The minimum Gasteiger partial charge on any atom is -0.473 e. The summed E-state index contributed by atoms with van der Waals surface area (Å²) in [6.45, 7) is 6.44. The van der Waals surface area contributed by atoms with E-state index in [4.69, 9.17) is 9.57 Å². The second-order valence-corrected chi connectivity index (χ2v) is 7.35. The highest BCUT2D eigenvalue weighted by Crippen LogP contribution is 2.31. The molecule has 31 heavy (non-hydrogen) atoms. The number of aryl methyl sites for hydroxylation is 3. The highest BCUT2D eigenvalue weighted by Gasteiger charge is 2.19. The lowest BCUT2D eigenvalue weighted by Crippen LogP contribution is -2.29. The maximum Gasteiger partial charge on any atom is 0.273 e. The van der Waals surface area contributed by atoms with Crippen molar-refractivity contribution in [3.05, 3.63) is 70.3 Å². The van der Waals surface area contributed by atoms with Gasteiger partial charge in [0.1, 0.15) is 13.7 Å². The Morgan fingerprint density at radius 1 is 1.13 bits per heavy atom. The summed E-state index contributed by atoms with van der Waals surface area (Å²) in [5, 5.41) is 11.2. The molecule has 7 heteroatoms. The Kier molecular flexibility index (Phi) is 6.74. The summed E-state index contributed by atoms with van der Waals surface area (Å²) in [4.78, 5) is 17.2. The first-order valence-electron chi connectivity index (χ1n) is 10.0. The van der Waals surface area contributed by atoms with Crippen LogP contribution in [0.1, 0.15) is 27.8 Å². The number of aromatic nitrogens is 2. The molecule has 0 atom stereocenters. The summed E-state index contributed by atoms with van der Waals surface area (Å²) >= 11 is 0. The van der Waals surface area contributed by atoms with Crippen LogP contribution < -0.4 is 10.1 Å². The molecule has 7 nitrogen and oxygen atoms in total. The van der Waals surface area contributed by atoms with Crippen molar-refractivity contribution in [1.82, 2.24) is 15.1 Å². The van der Waals surface area contributed by atoms with Crippen molar-refractivity contribution < 1.29 is 14.4 Å². The number of hydrogen-bond acceptors (Lipinski definition) is 5. The molecule has 0 saturated carbocycles. The number of nitrogens with zero attached hydrogens (tertiary/aromatic N) is 3. The molecule has 0 bridgehead atoms. The molecule has 0 spiro atoms. The van der Waals surface area contributed by atoms with Gasteiger partial charge in [-0.05, 0) is 43.5 Å². The van der Waals surface area contributed by atoms with E-state index in [1.165, 1.54) is 18.2 Å². The smallest absolute Gasteiger partial charge is 0.273 e. The number of hydrogen-bond donors (Lipinski definition) is 1. The van der Waals surface area contributed by atoms with E-state index in [0.29, 0.717) is 11.4 Å². The van der Waals surface area contributed by atoms with Gasteiger partial charge >= 0.3 is 0 Å². The van der Waals surface area contributed by atoms with Crippen LogP contribution in [0.15, 0.2) is 47.6 Å². The maximum atomic E-state index is 12.3. The van der Waals surface area contributed by atoms with Gasteiger partial charge in [0.05, 0.1) is 5.69 Å². The Bertz CT molecular complexity index is 1130. The van der Waals surface area contributed by atoms with Gasteiger partial charge in [0, 0.05) is 30.8 Å². The van der Waals surface area contributed by atoms with Gasteiger partial charge in [-0.3, -0.25) is 4.79 Å². The zero-order valence-electron chi connectivity index (χ0n) is 18.8. The first-order chi connectivity index (χ1) is 14.9. The zero-order valence-corrected chi connectivity index (χ0v) is 18.8. The zero-order chi connectivity index (χ0) is 22.5. The fourth-order valence-electron chi connectivity index (χ4n) is 3.42. The minimum atomic E-state index is -0.331. The topological polar surface area (TPSA) is 77.7 Å². The molecule has 0 unspecified atom stereocenters. The second kappa shape index (κ2) is 9.47. The molecular formula is C24H28N4O3. The number of likely N-dealkylation sites (N-methyl/N-ethyl adjacent to an activating group) is 1. The maximum absolute atomic E-state index is 12.3. The molecule has 3 aromatic rings. The van der Waals surface area contributed by atoms with E-state index in [-0.39, 0.29) is 18.2 Å². The quantitative estimate of drug-likeness (QED) is 0.467. The normalized spacial score (nSPS) is 11.4. The van der Waals surface area contributed by atoms with Crippen LogP contribution in [0.3, 0.4) is 0 Å².